The third-order valence-electron chi connectivity index (χ3n) is 5.62. The highest BCUT2D eigenvalue weighted by molar-refractivity contribution is 5.93. The average Bonchev–Trinajstić information content (AvgIpc) is 3.38. The van der Waals surface area contributed by atoms with E-state index in [1.807, 2.05) is 41.7 Å². The Morgan fingerprint density at radius 2 is 1.91 bits per heavy atom. The van der Waals surface area contributed by atoms with E-state index in [1.54, 1.807) is 4.52 Å². The lowest BCUT2D eigenvalue weighted by molar-refractivity contribution is -0.121. The molecule has 0 bridgehead atoms. The van der Waals surface area contributed by atoms with Gasteiger partial charge in [-0.25, -0.2) is 4.98 Å². The van der Waals surface area contributed by atoms with Crippen molar-refractivity contribution in [1.82, 2.24) is 34.5 Å². The first kappa shape index (κ1) is 20.1. The number of rotatable bonds is 7. The minimum absolute atomic E-state index is 0.0608. The molecule has 32 heavy (non-hydrogen) atoms. The fraction of sp³-hybridized carbons (Fsp3) is 0.292. The zero-order chi connectivity index (χ0) is 22.1. The Balaban J connectivity index is 1.27. The van der Waals surface area contributed by atoms with Crippen molar-refractivity contribution >= 4 is 28.2 Å². The quantitative estimate of drug-likeness (QED) is 0.431. The summed E-state index contributed by atoms with van der Waals surface area (Å²) in [7, 11) is 0. The van der Waals surface area contributed by atoms with Crippen LogP contribution in [-0.2, 0) is 17.6 Å². The second-order valence-electron chi connectivity index (χ2n) is 8.11. The van der Waals surface area contributed by atoms with Gasteiger partial charge in [0.05, 0.1) is 5.52 Å². The van der Waals surface area contributed by atoms with Crippen LogP contribution in [0.1, 0.15) is 35.6 Å². The Morgan fingerprint density at radius 1 is 1.03 bits per heavy atom. The van der Waals surface area contributed by atoms with Crippen LogP contribution in [0.4, 0.5) is 0 Å². The molecule has 0 aliphatic carbocycles. The van der Waals surface area contributed by atoms with Gasteiger partial charge in [-0.15, -0.1) is 15.3 Å². The van der Waals surface area contributed by atoms with Gasteiger partial charge in [-0.2, -0.15) is 4.52 Å². The van der Waals surface area contributed by atoms with Crippen LogP contribution >= 0.6 is 0 Å². The first-order valence-corrected chi connectivity index (χ1v) is 10.9. The molecule has 8 nitrogen and oxygen atoms in total. The van der Waals surface area contributed by atoms with Crippen LogP contribution in [0.15, 0.2) is 48.5 Å². The van der Waals surface area contributed by atoms with Gasteiger partial charge in [-0.1, -0.05) is 42.0 Å². The van der Waals surface area contributed by atoms with Crippen LogP contribution in [0.2, 0.25) is 0 Å². The van der Waals surface area contributed by atoms with E-state index in [1.165, 1.54) is 11.1 Å². The molecule has 8 heteroatoms. The Morgan fingerprint density at radius 3 is 2.78 bits per heavy atom. The molecule has 0 radical (unpaired) electrons. The summed E-state index contributed by atoms with van der Waals surface area (Å²) < 4.78 is 3.76. The Labute approximate surface area is 185 Å². The molecule has 0 aliphatic heterocycles. The number of fused-ring (bicyclic) bond motifs is 6. The van der Waals surface area contributed by atoms with Crippen molar-refractivity contribution in [3.8, 4) is 0 Å². The molecular formula is C24H25N7O. The molecule has 0 unspecified atom stereocenters. The number of benzene rings is 2. The first-order valence-electron chi connectivity index (χ1n) is 10.9. The van der Waals surface area contributed by atoms with Crippen molar-refractivity contribution < 1.29 is 4.79 Å². The van der Waals surface area contributed by atoms with E-state index < -0.39 is 0 Å². The van der Waals surface area contributed by atoms with Crippen LogP contribution in [0.5, 0.6) is 0 Å². The van der Waals surface area contributed by atoms with Gasteiger partial charge < -0.3 is 5.32 Å². The van der Waals surface area contributed by atoms with Crippen molar-refractivity contribution in [3.05, 3.63) is 71.3 Å². The zero-order valence-corrected chi connectivity index (χ0v) is 18.2. The number of carbonyl (C=O) groups is 1. The maximum absolute atomic E-state index is 12.3. The van der Waals surface area contributed by atoms with Gasteiger partial charge in [0.15, 0.2) is 5.65 Å². The average molecular weight is 428 g/mol. The fourth-order valence-corrected chi connectivity index (χ4v) is 4.15. The third kappa shape index (κ3) is 3.79. The third-order valence-corrected chi connectivity index (χ3v) is 5.62. The Kier molecular flexibility index (Phi) is 5.26. The fourth-order valence-electron chi connectivity index (χ4n) is 4.15. The number of aromatic nitrogens is 6. The summed E-state index contributed by atoms with van der Waals surface area (Å²) in [6.07, 6.45) is 2.63. The highest BCUT2D eigenvalue weighted by Gasteiger charge is 2.16. The number of aryl methyl sites for hydroxylation is 3. The molecular weight excluding hydrogens is 402 g/mol. The normalized spacial score (nSPS) is 11.6. The van der Waals surface area contributed by atoms with Gasteiger partial charge in [0, 0.05) is 24.8 Å². The number of carbonyl (C=O) groups excluding carboxylic acids is 1. The molecule has 3 aromatic heterocycles. The number of nitrogens with one attached hydrogen (secondary N) is 1. The molecule has 0 aliphatic rings. The van der Waals surface area contributed by atoms with Crippen molar-refractivity contribution in [2.45, 2.75) is 39.5 Å². The SMILES string of the molecule is Cc1cccc(CCNC(=O)CCCc2nnc3n4nc(C)nc4c4ccccc4n23)c1. The topological polar surface area (TPSA) is 89.5 Å². The molecule has 0 saturated carbocycles. The smallest absolute Gasteiger partial charge is 0.258 e. The van der Waals surface area contributed by atoms with Crippen LogP contribution in [-0.4, -0.2) is 41.6 Å². The van der Waals surface area contributed by atoms with Crippen LogP contribution in [0.25, 0.3) is 22.3 Å². The van der Waals surface area contributed by atoms with Gasteiger partial charge in [0.2, 0.25) is 5.91 Å². The molecule has 2 aromatic carbocycles. The van der Waals surface area contributed by atoms with Gasteiger partial charge in [-0.05, 0) is 44.4 Å². The van der Waals surface area contributed by atoms with Crippen molar-refractivity contribution in [2.24, 2.45) is 0 Å². The number of amides is 1. The predicted molar refractivity (Wildman–Crippen MR) is 123 cm³/mol. The molecule has 5 aromatic rings. The van der Waals surface area contributed by atoms with Crippen LogP contribution in [0.3, 0.4) is 0 Å². The Bertz CT molecular complexity index is 1430. The monoisotopic (exact) mass is 427 g/mol. The van der Waals surface area contributed by atoms with Gasteiger partial charge in [0.1, 0.15) is 11.6 Å². The second-order valence-corrected chi connectivity index (χ2v) is 8.11. The summed E-state index contributed by atoms with van der Waals surface area (Å²) in [4.78, 5) is 16.9. The minimum atomic E-state index is 0.0608. The van der Waals surface area contributed by atoms with E-state index >= 15 is 0 Å². The summed E-state index contributed by atoms with van der Waals surface area (Å²) in [5.41, 5.74) is 4.24. The summed E-state index contributed by atoms with van der Waals surface area (Å²) in [5, 5.41) is 17.3. The number of hydrogen-bond acceptors (Lipinski definition) is 5. The standard InChI is InChI=1S/C24H25N7O/c1-16-7-5-8-18(15-16)13-14-25-22(32)12-6-11-21-27-28-24-30(21)20-10-4-3-9-19(20)23-26-17(2)29-31(23)24/h3-5,7-10,15H,6,11-14H2,1-2H3,(H,25,32). The van der Waals surface area contributed by atoms with E-state index in [0.717, 1.165) is 28.8 Å². The molecule has 0 saturated heterocycles. The lowest BCUT2D eigenvalue weighted by atomic mass is 10.1. The summed E-state index contributed by atoms with van der Waals surface area (Å²) in [6.45, 7) is 4.59. The van der Waals surface area contributed by atoms with Gasteiger partial charge in [0.25, 0.3) is 5.78 Å². The lowest BCUT2D eigenvalue weighted by Crippen LogP contribution is -2.25. The van der Waals surface area contributed by atoms with Gasteiger partial charge in [-0.3, -0.25) is 9.20 Å². The predicted octanol–water partition coefficient (Wildman–Crippen LogP) is 3.22. The molecule has 162 valence electrons. The van der Waals surface area contributed by atoms with Gasteiger partial charge >= 0.3 is 0 Å². The van der Waals surface area contributed by atoms with Crippen LogP contribution in [0, 0.1) is 13.8 Å². The maximum Gasteiger partial charge on any atom is 0.258 e. The van der Waals surface area contributed by atoms with E-state index in [9.17, 15) is 4.79 Å². The summed E-state index contributed by atoms with van der Waals surface area (Å²) >= 11 is 0. The second kappa shape index (κ2) is 8.37. The van der Waals surface area contributed by atoms with E-state index in [2.05, 4.69) is 50.7 Å². The van der Waals surface area contributed by atoms with Crippen LogP contribution < -0.4 is 5.32 Å². The highest BCUT2D eigenvalue weighted by atomic mass is 16.1. The molecule has 0 fully saturated rings. The van der Waals surface area contributed by atoms with E-state index in [4.69, 9.17) is 0 Å². The molecule has 3 heterocycles. The molecule has 0 atom stereocenters. The number of para-hydroxylation sites is 1. The minimum Gasteiger partial charge on any atom is -0.356 e. The molecule has 1 amide bonds. The van der Waals surface area contributed by atoms with Crippen molar-refractivity contribution in [3.63, 3.8) is 0 Å². The molecule has 1 N–H and O–H groups in total. The van der Waals surface area contributed by atoms with Crippen molar-refractivity contribution in [2.75, 3.05) is 6.54 Å². The number of nitrogens with zero attached hydrogens (tertiary/aromatic N) is 6. The molecule has 5 rings (SSSR count). The first-order chi connectivity index (χ1) is 15.6. The number of hydrogen-bond donors (Lipinski definition) is 1. The summed E-state index contributed by atoms with van der Waals surface area (Å²) in [5.74, 6) is 2.21. The maximum atomic E-state index is 12.3. The lowest BCUT2D eigenvalue weighted by Gasteiger charge is -2.07. The summed E-state index contributed by atoms with van der Waals surface area (Å²) in [6, 6.07) is 16.4. The molecule has 0 spiro atoms. The van der Waals surface area contributed by atoms with E-state index in [-0.39, 0.29) is 5.91 Å². The van der Waals surface area contributed by atoms with E-state index in [0.29, 0.717) is 37.4 Å². The largest absolute Gasteiger partial charge is 0.356 e. The highest BCUT2D eigenvalue weighted by Crippen LogP contribution is 2.22. The Hall–Kier alpha value is -3.81. The van der Waals surface area contributed by atoms with Crippen molar-refractivity contribution in [1.29, 1.82) is 0 Å². The zero-order valence-electron chi connectivity index (χ0n) is 18.2.